The summed E-state index contributed by atoms with van der Waals surface area (Å²) in [5.74, 6) is 0. The van der Waals surface area contributed by atoms with Crippen LogP contribution in [0.4, 0.5) is 10.5 Å². The van der Waals surface area contributed by atoms with Crippen molar-refractivity contribution in [1.82, 2.24) is 15.1 Å². The smallest absolute Gasteiger partial charge is 0.319 e. The molecule has 1 fully saturated rings. The first kappa shape index (κ1) is 18.0. The Morgan fingerprint density at radius 1 is 1.17 bits per heavy atom. The molecule has 23 heavy (non-hydrogen) atoms. The Labute approximate surface area is 144 Å². The van der Waals surface area contributed by atoms with Crippen LogP contribution in [0.1, 0.15) is 20.8 Å². The van der Waals surface area contributed by atoms with Crippen LogP contribution >= 0.6 is 11.6 Å². The van der Waals surface area contributed by atoms with Crippen LogP contribution in [-0.4, -0.2) is 60.6 Å². The van der Waals surface area contributed by atoms with E-state index in [-0.39, 0.29) is 11.6 Å². The average Bonchev–Trinajstić information content (AvgIpc) is 2.55. The van der Waals surface area contributed by atoms with E-state index < -0.39 is 0 Å². The van der Waals surface area contributed by atoms with Crippen LogP contribution in [0.25, 0.3) is 0 Å². The Morgan fingerprint density at radius 3 is 2.35 bits per heavy atom. The standard InChI is InChI=1S/C17H27ClN4O/c1-4-21-9-11-22(12-10-21)17(2,3)13-19-16(23)20-15-7-5-14(18)6-8-15/h5-8H,4,9-13H2,1-3H3,(H2,19,20,23). The molecule has 1 aliphatic heterocycles. The predicted octanol–water partition coefficient (Wildman–Crippen LogP) is 2.88. The second-order valence-corrected chi connectivity index (χ2v) is 6.98. The summed E-state index contributed by atoms with van der Waals surface area (Å²) < 4.78 is 0. The van der Waals surface area contributed by atoms with E-state index in [0.29, 0.717) is 11.6 Å². The van der Waals surface area contributed by atoms with Gasteiger partial charge in [-0.3, -0.25) is 4.90 Å². The van der Waals surface area contributed by atoms with Gasteiger partial charge >= 0.3 is 6.03 Å². The second-order valence-electron chi connectivity index (χ2n) is 6.55. The molecule has 0 aliphatic carbocycles. The normalized spacial score (nSPS) is 17.0. The summed E-state index contributed by atoms with van der Waals surface area (Å²) in [4.78, 5) is 16.9. The summed E-state index contributed by atoms with van der Waals surface area (Å²) in [5, 5.41) is 6.45. The minimum atomic E-state index is -0.187. The first-order valence-corrected chi connectivity index (χ1v) is 8.56. The molecule has 1 aromatic rings. The van der Waals surface area contributed by atoms with Crippen molar-refractivity contribution in [2.24, 2.45) is 0 Å². The van der Waals surface area contributed by atoms with E-state index in [1.165, 1.54) is 0 Å². The van der Waals surface area contributed by atoms with Crippen molar-refractivity contribution in [2.75, 3.05) is 44.6 Å². The number of carbonyl (C=O) groups is 1. The summed E-state index contributed by atoms with van der Waals surface area (Å²) in [6, 6.07) is 6.91. The maximum atomic E-state index is 12.0. The summed E-state index contributed by atoms with van der Waals surface area (Å²) in [6.45, 7) is 12.5. The molecular formula is C17H27ClN4O. The zero-order valence-electron chi connectivity index (χ0n) is 14.2. The average molecular weight is 339 g/mol. The topological polar surface area (TPSA) is 47.6 Å². The lowest BCUT2D eigenvalue weighted by molar-refractivity contribution is 0.0558. The third-order valence-electron chi connectivity index (χ3n) is 4.46. The van der Waals surface area contributed by atoms with Crippen molar-refractivity contribution in [2.45, 2.75) is 26.3 Å². The van der Waals surface area contributed by atoms with Gasteiger partial charge in [-0.25, -0.2) is 4.79 Å². The zero-order valence-corrected chi connectivity index (χ0v) is 15.0. The van der Waals surface area contributed by atoms with Gasteiger partial charge in [0.1, 0.15) is 0 Å². The number of benzene rings is 1. The van der Waals surface area contributed by atoms with Crippen molar-refractivity contribution >= 4 is 23.3 Å². The largest absolute Gasteiger partial charge is 0.336 e. The lowest BCUT2D eigenvalue weighted by atomic mass is 10.0. The summed E-state index contributed by atoms with van der Waals surface area (Å²) in [6.07, 6.45) is 0. The van der Waals surface area contributed by atoms with E-state index in [9.17, 15) is 4.79 Å². The molecule has 128 valence electrons. The van der Waals surface area contributed by atoms with Crippen molar-refractivity contribution in [3.8, 4) is 0 Å². The van der Waals surface area contributed by atoms with E-state index in [4.69, 9.17) is 11.6 Å². The highest BCUT2D eigenvalue weighted by molar-refractivity contribution is 6.30. The van der Waals surface area contributed by atoms with E-state index in [2.05, 4.69) is 41.2 Å². The quantitative estimate of drug-likeness (QED) is 0.868. The number of anilines is 1. The number of rotatable bonds is 5. The lowest BCUT2D eigenvalue weighted by Crippen LogP contribution is -2.58. The Balaban J connectivity index is 1.79. The molecule has 1 saturated heterocycles. The molecule has 0 aromatic heterocycles. The zero-order chi connectivity index (χ0) is 16.9. The third kappa shape index (κ3) is 5.37. The predicted molar refractivity (Wildman–Crippen MR) is 96.2 cm³/mol. The molecule has 0 saturated carbocycles. The summed E-state index contributed by atoms with van der Waals surface area (Å²) >= 11 is 5.84. The Hall–Kier alpha value is -1.30. The summed E-state index contributed by atoms with van der Waals surface area (Å²) in [5.41, 5.74) is 0.679. The van der Waals surface area contributed by atoms with Gasteiger partial charge in [-0.05, 0) is 44.7 Å². The Kier molecular flexibility index (Phi) is 6.27. The van der Waals surface area contributed by atoms with Gasteiger partial charge in [0.15, 0.2) is 0 Å². The third-order valence-corrected chi connectivity index (χ3v) is 4.71. The highest BCUT2D eigenvalue weighted by Gasteiger charge is 2.29. The van der Waals surface area contributed by atoms with Gasteiger partial charge in [-0.15, -0.1) is 0 Å². The number of urea groups is 1. The number of carbonyl (C=O) groups excluding carboxylic acids is 1. The van der Waals surface area contributed by atoms with Crippen LogP contribution in [0, 0.1) is 0 Å². The lowest BCUT2D eigenvalue weighted by Gasteiger charge is -2.44. The number of hydrogen-bond acceptors (Lipinski definition) is 3. The molecule has 0 unspecified atom stereocenters. The maximum Gasteiger partial charge on any atom is 0.319 e. The summed E-state index contributed by atoms with van der Waals surface area (Å²) in [7, 11) is 0. The van der Waals surface area contributed by atoms with E-state index in [1.807, 2.05) is 0 Å². The molecule has 2 amide bonds. The Morgan fingerprint density at radius 2 is 1.78 bits per heavy atom. The van der Waals surface area contributed by atoms with Crippen LogP contribution in [0.5, 0.6) is 0 Å². The highest BCUT2D eigenvalue weighted by Crippen LogP contribution is 2.17. The number of halogens is 1. The van der Waals surface area contributed by atoms with Gasteiger partial charge in [0, 0.05) is 49.0 Å². The Bertz CT molecular complexity index is 510. The minimum absolute atomic E-state index is 0.0584. The second kappa shape index (κ2) is 7.99. The fourth-order valence-electron chi connectivity index (χ4n) is 2.79. The molecule has 2 rings (SSSR count). The fourth-order valence-corrected chi connectivity index (χ4v) is 2.91. The molecule has 5 nitrogen and oxygen atoms in total. The number of nitrogens with one attached hydrogen (secondary N) is 2. The molecule has 1 heterocycles. The monoisotopic (exact) mass is 338 g/mol. The number of likely N-dealkylation sites (N-methyl/N-ethyl adjacent to an activating group) is 1. The molecule has 0 atom stereocenters. The SMILES string of the molecule is CCN1CCN(C(C)(C)CNC(=O)Nc2ccc(Cl)cc2)CC1. The van der Waals surface area contributed by atoms with Crippen LogP contribution in [0.15, 0.2) is 24.3 Å². The molecule has 1 aliphatic rings. The maximum absolute atomic E-state index is 12.0. The molecular weight excluding hydrogens is 312 g/mol. The van der Waals surface area contributed by atoms with Gasteiger partial charge in [0.25, 0.3) is 0 Å². The van der Waals surface area contributed by atoms with E-state index >= 15 is 0 Å². The highest BCUT2D eigenvalue weighted by atomic mass is 35.5. The molecule has 0 radical (unpaired) electrons. The van der Waals surface area contributed by atoms with Crippen LogP contribution < -0.4 is 10.6 Å². The van der Waals surface area contributed by atoms with Gasteiger partial charge in [0.2, 0.25) is 0 Å². The fraction of sp³-hybridized carbons (Fsp3) is 0.588. The van der Waals surface area contributed by atoms with Gasteiger partial charge in [-0.1, -0.05) is 18.5 Å². The number of amides is 2. The molecule has 6 heteroatoms. The van der Waals surface area contributed by atoms with Crippen molar-refractivity contribution in [1.29, 1.82) is 0 Å². The molecule has 2 N–H and O–H groups in total. The van der Waals surface area contributed by atoms with Gasteiger partial charge in [0.05, 0.1) is 0 Å². The van der Waals surface area contributed by atoms with E-state index in [1.54, 1.807) is 24.3 Å². The first-order chi connectivity index (χ1) is 10.9. The molecule has 0 spiro atoms. The van der Waals surface area contributed by atoms with Gasteiger partial charge < -0.3 is 15.5 Å². The van der Waals surface area contributed by atoms with E-state index in [0.717, 1.165) is 38.4 Å². The minimum Gasteiger partial charge on any atom is -0.336 e. The number of piperazine rings is 1. The van der Waals surface area contributed by atoms with Crippen LogP contribution in [0.2, 0.25) is 5.02 Å². The van der Waals surface area contributed by atoms with Crippen LogP contribution in [0.3, 0.4) is 0 Å². The van der Waals surface area contributed by atoms with Gasteiger partial charge in [-0.2, -0.15) is 0 Å². The number of nitrogens with zero attached hydrogens (tertiary/aromatic N) is 2. The number of hydrogen-bond donors (Lipinski definition) is 2. The molecule has 1 aromatic carbocycles. The van der Waals surface area contributed by atoms with Crippen molar-refractivity contribution in [3.05, 3.63) is 29.3 Å². The van der Waals surface area contributed by atoms with Crippen molar-refractivity contribution in [3.63, 3.8) is 0 Å². The first-order valence-electron chi connectivity index (χ1n) is 8.18. The van der Waals surface area contributed by atoms with Crippen LogP contribution in [-0.2, 0) is 0 Å². The van der Waals surface area contributed by atoms with Crippen molar-refractivity contribution < 1.29 is 4.79 Å². The molecule has 0 bridgehead atoms.